The Kier molecular flexibility index (Phi) is 3.91. The van der Waals surface area contributed by atoms with Crippen LogP contribution in [0.15, 0.2) is 42.5 Å². The van der Waals surface area contributed by atoms with Gasteiger partial charge in [0.25, 0.3) is 0 Å². The van der Waals surface area contributed by atoms with Crippen molar-refractivity contribution in [3.8, 4) is 11.1 Å². The maximum atomic E-state index is 11.4. The summed E-state index contributed by atoms with van der Waals surface area (Å²) in [5.41, 5.74) is 3.71. The molecular weight excluding hydrogens is 258 g/mol. The van der Waals surface area contributed by atoms with Crippen LogP contribution in [-0.2, 0) is 0 Å². The lowest BCUT2D eigenvalue weighted by molar-refractivity contribution is 0.101. The Hall–Kier alpha value is -1.80. The van der Waals surface area contributed by atoms with Crippen molar-refractivity contribution in [2.45, 2.75) is 6.92 Å². The van der Waals surface area contributed by atoms with E-state index in [0.29, 0.717) is 10.6 Å². The van der Waals surface area contributed by atoms with Gasteiger partial charge in [-0.3, -0.25) is 4.79 Å². The third-order valence-corrected chi connectivity index (χ3v) is 3.40. The van der Waals surface area contributed by atoms with Gasteiger partial charge in [-0.15, -0.1) is 0 Å². The summed E-state index contributed by atoms with van der Waals surface area (Å²) in [6.45, 7) is 1.56. The Labute approximate surface area is 118 Å². The molecule has 19 heavy (non-hydrogen) atoms. The number of ketones is 1. The smallest absolute Gasteiger partial charge is 0.159 e. The van der Waals surface area contributed by atoms with Crippen LogP contribution in [0.25, 0.3) is 11.1 Å². The van der Waals surface area contributed by atoms with E-state index in [1.807, 2.05) is 49.3 Å². The molecule has 0 radical (unpaired) electrons. The summed E-state index contributed by atoms with van der Waals surface area (Å²) in [5.74, 6) is 0.0443. The van der Waals surface area contributed by atoms with Crippen LogP contribution in [0.4, 0.5) is 5.69 Å². The van der Waals surface area contributed by atoms with E-state index in [-0.39, 0.29) is 5.78 Å². The zero-order chi connectivity index (χ0) is 14.0. The molecular formula is C16H16ClNO. The predicted molar refractivity (Wildman–Crippen MR) is 81.2 cm³/mol. The summed E-state index contributed by atoms with van der Waals surface area (Å²) in [5, 5.41) is 0.655. The predicted octanol–water partition coefficient (Wildman–Crippen LogP) is 4.28. The monoisotopic (exact) mass is 273 g/mol. The Balaban J connectivity index is 2.46. The van der Waals surface area contributed by atoms with Crippen molar-refractivity contribution < 1.29 is 4.79 Å². The Morgan fingerprint density at radius 1 is 1.05 bits per heavy atom. The normalized spacial score (nSPS) is 10.3. The van der Waals surface area contributed by atoms with Gasteiger partial charge in [0.1, 0.15) is 0 Å². The van der Waals surface area contributed by atoms with Crippen LogP contribution < -0.4 is 4.90 Å². The molecule has 0 amide bonds. The summed E-state index contributed by atoms with van der Waals surface area (Å²) >= 11 is 6.22. The Bertz CT molecular complexity index is 603. The summed E-state index contributed by atoms with van der Waals surface area (Å²) in [7, 11) is 4.00. The van der Waals surface area contributed by atoms with Gasteiger partial charge in [-0.1, -0.05) is 23.7 Å². The van der Waals surface area contributed by atoms with E-state index >= 15 is 0 Å². The molecule has 2 rings (SSSR count). The van der Waals surface area contributed by atoms with Crippen LogP contribution in [0.2, 0.25) is 5.02 Å². The number of carbonyl (C=O) groups is 1. The van der Waals surface area contributed by atoms with Crippen molar-refractivity contribution in [3.05, 3.63) is 53.1 Å². The molecule has 0 heterocycles. The summed E-state index contributed by atoms with van der Waals surface area (Å²) < 4.78 is 0. The highest BCUT2D eigenvalue weighted by molar-refractivity contribution is 6.33. The Morgan fingerprint density at radius 2 is 1.68 bits per heavy atom. The van der Waals surface area contributed by atoms with Crippen molar-refractivity contribution in [2.75, 3.05) is 19.0 Å². The maximum absolute atomic E-state index is 11.4. The van der Waals surface area contributed by atoms with Gasteiger partial charge in [-0.05, 0) is 42.8 Å². The fraction of sp³-hybridized carbons (Fsp3) is 0.188. The minimum atomic E-state index is 0.0443. The average molecular weight is 274 g/mol. The molecule has 0 bridgehead atoms. The molecule has 0 N–H and O–H groups in total. The molecule has 0 atom stereocenters. The molecule has 2 aromatic rings. The molecule has 98 valence electrons. The van der Waals surface area contributed by atoms with Crippen LogP contribution in [0.1, 0.15) is 17.3 Å². The van der Waals surface area contributed by atoms with Crippen molar-refractivity contribution in [1.29, 1.82) is 0 Å². The molecule has 0 saturated carbocycles. The maximum Gasteiger partial charge on any atom is 0.159 e. The quantitative estimate of drug-likeness (QED) is 0.778. The van der Waals surface area contributed by atoms with Crippen LogP contribution in [0.3, 0.4) is 0 Å². The van der Waals surface area contributed by atoms with Gasteiger partial charge in [0, 0.05) is 35.9 Å². The second-order valence-electron chi connectivity index (χ2n) is 4.69. The highest BCUT2D eigenvalue weighted by Gasteiger charge is 2.07. The lowest BCUT2D eigenvalue weighted by Crippen LogP contribution is -2.07. The largest absolute Gasteiger partial charge is 0.378 e. The molecule has 2 aromatic carbocycles. The molecule has 0 spiro atoms. The number of benzene rings is 2. The third-order valence-electron chi connectivity index (χ3n) is 3.07. The first-order valence-corrected chi connectivity index (χ1v) is 6.45. The second kappa shape index (κ2) is 5.45. The lowest BCUT2D eigenvalue weighted by atomic mass is 10.0. The number of rotatable bonds is 3. The molecule has 2 nitrogen and oxygen atoms in total. The SMILES string of the molecule is CC(=O)c1ccc(Cl)c(-c2ccc(N(C)C)cc2)c1. The fourth-order valence-electron chi connectivity index (χ4n) is 1.90. The molecule has 0 aliphatic carbocycles. The fourth-order valence-corrected chi connectivity index (χ4v) is 2.13. The molecule has 0 saturated heterocycles. The van der Waals surface area contributed by atoms with E-state index in [0.717, 1.165) is 16.8 Å². The number of halogens is 1. The summed E-state index contributed by atoms with van der Waals surface area (Å²) in [6.07, 6.45) is 0. The highest BCUT2D eigenvalue weighted by Crippen LogP contribution is 2.30. The number of Topliss-reactive ketones (excluding diaryl/α,β-unsaturated/α-hetero) is 1. The number of anilines is 1. The van der Waals surface area contributed by atoms with Crippen LogP contribution in [-0.4, -0.2) is 19.9 Å². The molecule has 0 aromatic heterocycles. The number of nitrogens with zero attached hydrogens (tertiary/aromatic N) is 1. The number of hydrogen-bond acceptors (Lipinski definition) is 2. The first kappa shape index (κ1) is 13.6. The van der Waals surface area contributed by atoms with E-state index in [1.165, 1.54) is 0 Å². The standard InChI is InChI=1S/C16H16ClNO/c1-11(19)13-6-9-16(17)15(10-13)12-4-7-14(8-5-12)18(2)3/h4-10H,1-3H3. The molecule has 0 aliphatic rings. The summed E-state index contributed by atoms with van der Waals surface area (Å²) in [4.78, 5) is 13.5. The second-order valence-corrected chi connectivity index (χ2v) is 5.10. The first-order valence-electron chi connectivity index (χ1n) is 6.07. The Morgan fingerprint density at radius 3 is 2.21 bits per heavy atom. The van der Waals surface area contributed by atoms with Gasteiger partial charge in [0.2, 0.25) is 0 Å². The van der Waals surface area contributed by atoms with E-state index < -0.39 is 0 Å². The average Bonchev–Trinajstić information content (AvgIpc) is 2.39. The zero-order valence-corrected chi connectivity index (χ0v) is 12.0. The zero-order valence-electron chi connectivity index (χ0n) is 11.3. The van der Waals surface area contributed by atoms with Crippen molar-refractivity contribution in [2.24, 2.45) is 0 Å². The van der Waals surface area contributed by atoms with Crippen LogP contribution >= 0.6 is 11.6 Å². The molecule has 0 aliphatic heterocycles. The molecule has 0 fully saturated rings. The minimum absolute atomic E-state index is 0.0443. The van der Waals surface area contributed by atoms with E-state index in [2.05, 4.69) is 0 Å². The third kappa shape index (κ3) is 2.96. The van der Waals surface area contributed by atoms with Gasteiger partial charge < -0.3 is 4.90 Å². The van der Waals surface area contributed by atoms with Gasteiger partial charge >= 0.3 is 0 Å². The van der Waals surface area contributed by atoms with Crippen LogP contribution in [0, 0.1) is 0 Å². The van der Waals surface area contributed by atoms with Gasteiger partial charge in [0.05, 0.1) is 0 Å². The number of hydrogen-bond donors (Lipinski definition) is 0. The van der Waals surface area contributed by atoms with Crippen molar-refractivity contribution in [3.63, 3.8) is 0 Å². The van der Waals surface area contributed by atoms with Crippen molar-refractivity contribution >= 4 is 23.1 Å². The molecule has 0 unspecified atom stereocenters. The highest BCUT2D eigenvalue weighted by atomic mass is 35.5. The minimum Gasteiger partial charge on any atom is -0.378 e. The topological polar surface area (TPSA) is 20.3 Å². The first-order chi connectivity index (χ1) is 8.99. The van der Waals surface area contributed by atoms with E-state index in [1.54, 1.807) is 19.1 Å². The number of carbonyl (C=O) groups excluding carboxylic acids is 1. The summed E-state index contributed by atoms with van der Waals surface area (Å²) in [6, 6.07) is 13.5. The van der Waals surface area contributed by atoms with E-state index in [9.17, 15) is 4.79 Å². The molecule has 3 heteroatoms. The van der Waals surface area contributed by atoms with Crippen LogP contribution in [0.5, 0.6) is 0 Å². The van der Waals surface area contributed by atoms with Gasteiger partial charge in [-0.2, -0.15) is 0 Å². The van der Waals surface area contributed by atoms with E-state index in [4.69, 9.17) is 11.6 Å². The lowest BCUT2D eigenvalue weighted by Gasteiger charge is -2.13. The van der Waals surface area contributed by atoms with Gasteiger partial charge in [-0.25, -0.2) is 0 Å². The van der Waals surface area contributed by atoms with Gasteiger partial charge in [0.15, 0.2) is 5.78 Å². The van der Waals surface area contributed by atoms with Crippen molar-refractivity contribution in [1.82, 2.24) is 0 Å².